The third-order valence-electron chi connectivity index (χ3n) is 4.17. The van der Waals surface area contributed by atoms with Crippen LogP contribution < -0.4 is 16.0 Å². The molecule has 0 unspecified atom stereocenters. The van der Waals surface area contributed by atoms with E-state index in [-0.39, 0.29) is 29.9 Å². The molecule has 3 N–H and O–H groups in total. The summed E-state index contributed by atoms with van der Waals surface area (Å²) in [4.78, 5) is 16.0. The lowest BCUT2D eigenvalue weighted by Gasteiger charge is -2.12. The summed E-state index contributed by atoms with van der Waals surface area (Å²) in [5.41, 5.74) is 3.13. The van der Waals surface area contributed by atoms with Gasteiger partial charge in [-0.25, -0.2) is 0 Å². The van der Waals surface area contributed by atoms with E-state index in [1.54, 1.807) is 14.1 Å². The molecule has 2 aromatic carbocycles. The number of amides is 1. The van der Waals surface area contributed by atoms with E-state index in [1.807, 2.05) is 30.3 Å². The molecule has 2 rings (SSSR count). The zero-order chi connectivity index (χ0) is 19.5. The van der Waals surface area contributed by atoms with Gasteiger partial charge in [0.25, 0.3) is 5.91 Å². The molecule has 1 amide bonds. The Balaban J connectivity index is 0.00000392. The minimum atomic E-state index is -0.0623. The molecule has 0 aromatic heterocycles. The summed E-state index contributed by atoms with van der Waals surface area (Å²) in [7, 11) is 3.42. The van der Waals surface area contributed by atoms with Crippen molar-refractivity contribution < 1.29 is 4.79 Å². The first-order chi connectivity index (χ1) is 13.1. The molecule has 152 valence electrons. The third-order valence-corrected chi connectivity index (χ3v) is 4.66. The lowest BCUT2D eigenvalue weighted by Crippen LogP contribution is -2.38. The van der Waals surface area contributed by atoms with Gasteiger partial charge < -0.3 is 16.0 Å². The smallest absolute Gasteiger partial charge is 0.251 e. The van der Waals surface area contributed by atoms with E-state index in [9.17, 15) is 4.79 Å². The van der Waals surface area contributed by atoms with Crippen molar-refractivity contribution in [2.75, 3.05) is 27.2 Å². The molecule has 0 atom stereocenters. The van der Waals surface area contributed by atoms with Crippen molar-refractivity contribution in [3.05, 3.63) is 69.7 Å². The maximum absolute atomic E-state index is 11.7. The van der Waals surface area contributed by atoms with Crippen LogP contribution in [0.5, 0.6) is 0 Å². The quantitative estimate of drug-likeness (QED) is 0.200. The molecular weight excluding hydrogens is 531 g/mol. The number of benzene rings is 2. The lowest BCUT2D eigenvalue weighted by atomic mass is 10.1. The van der Waals surface area contributed by atoms with Gasteiger partial charge in [0, 0.05) is 37.2 Å². The maximum Gasteiger partial charge on any atom is 0.251 e. The number of carbonyl (C=O) groups is 1. The van der Waals surface area contributed by atoms with E-state index in [0.29, 0.717) is 5.56 Å². The second-order valence-electron chi connectivity index (χ2n) is 6.19. The van der Waals surface area contributed by atoms with Crippen molar-refractivity contribution in [1.29, 1.82) is 0 Å². The molecule has 0 fully saturated rings. The highest BCUT2D eigenvalue weighted by Crippen LogP contribution is 2.12. The van der Waals surface area contributed by atoms with Crippen LogP contribution in [-0.4, -0.2) is 39.1 Å². The molecule has 0 heterocycles. The van der Waals surface area contributed by atoms with Crippen LogP contribution in [0.15, 0.2) is 58.0 Å². The summed E-state index contributed by atoms with van der Waals surface area (Å²) in [5, 5.41) is 9.31. The molecule has 0 saturated carbocycles. The molecule has 0 bridgehead atoms. The summed E-state index contributed by atoms with van der Waals surface area (Å²) in [5.74, 6) is 0.736. The number of aliphatic imine (C=N–C) groups is 1. The Labute approximate surface area is 192 Å². The van der Waals surface area contributed by atoms with Crippen molar-refractivity contribution in [3.63, 3.8) is 0 Å². The number of guanidine groups is 1. The second kappa shape index (κ2) is 13.5. The summed E-state index contributed by atoms with van der Waals surface area (Å²) in [6.45, 7) is 1.61. The Morgan fingerprint density at radius 3 is 2.36 bits per heavy atom. The standard InChI is InChI=1S/C21H27BrN4O.HI/c1-23-20(27)18-9-3-6-17(14-18)11-13-26-21(24-2)25-12-5-8-16-7-4-10-19(22)15-16;/h3-4,6-7,9-10,14-15H,5,8,11-13H2,1-2H3,(H,23,27)(H2,24,25,26);1H. The zero-order valence-electron chi connectivity index (χ0n) is 16.3. The molecule has 0 radical (unpaired) electrons. The Bertz CT molecular complexity index is 783. The van der Waals surface area contributed by atoms with Gasteiger partial charge in [0.05, 0.1) is 0 Å². The molecule has 0 aliphatic rings. The number of rotatable bonds is 8. The van der Waals surface area contributed by atoms with E-state index >= 15 is 0 Å². The van der Waals surface area contributed by atoms with Crippen LogP contribution in [0.4, 0.5) is 0 Å². The molecular formula is C21H28BrIN4O. The minimum Gasteiger partial charge on any atom is -0.356 e. The maximum atomic E-state index is 11.7. The van der Waals surface area contributed by atoms with Crippen LogP contribution in [0.2, 0.25) is 0 Å². The third kappa shape index (κ3) is 8.60. The number of halogens is 2. The predicted molar refractivity (Wildman–Crippen MR) is 131 cm³/mol. The first kappa shape index (κ1) is 24.4. The average molecular weight is 559 g/mol. The fourth-order valence-corrected chi connectivity index (χ4v) is 3.20. The first-order valence-corrected chi connectivity index (χ1v) is 9.91. The molecule has 7 heteroatoms. The molecule has 0 aliphatic heterocycles. The SMILES string of the molecule is CN=C(NCCCc1cccc(Br)c1)NCCc1cccc(C(=O)NC)c1.I. The summed E-state index contributed by atoms with van der Waals surface area (Å²) in [6.07, 6.45) is 2.88. The first-order valence-electron chi connectivity index (χ1n) is 9.12. The fraction of sp³-hybridized carbons (Fsp3) is 0.333. The second-order valence-corrected chi connectivity index (χ2v) is 7.10. The molecule has 2 aromatic rings. The number of hydrogen-bond donors (Lipinski definition) is 3. The minimum absolute atomic E-state index is 0. The summed E-state index contributed by atoms with van der Waals surface area (Å²) >= 11 is 3.50. The number of hydrogen-bond acceptors (Lipinski definition) is 2. The highest BCUT2D eigenvalue weighted by Gasteiger charge is 2.04. The Morgan fingerprint density at radius 1 is 1.00 bits per heavy atom. The predicted octanol–water partition coefficient (Wildman–Crippen LogP) is 3.77. The largest absolute Gasteiger partial charge is 0.356 e. The fourth-order valence-electron chi connectivity index (χ4n) is 2.75. The lowest BCUT2D eigenvalue weighted by molar-refractivity contribution is 0.0963. The van der Waals surface area contributed by atoms with Gasteiger partial charge in [-0.05, 0) is 54.7 Å². The van der Waals surface area contributed by atoms with Gasteiger partial charge in [-0.1, -0.05) is 40.2 Å². The van der Waals surface area contributed by atoms with Crippen LogP contribution >= 0.6 is 39.9 Å². The highest BCUT2D eigenvalue weighted by molar-refractivity contribution is 14.0. The molecule has 0 aliphatic carbocycles. The van der Waals surface area contributed by atoms with Gasteiger partial charge >= 0.3 is 0 Å². The Kier molecular flexibility index (Phi) is 11.8. The normalized spacial score (nSPS) is 10.8. The van der Waals surface area contributed by atoms with Gasteiger partial charge in [-0.15, -0.1) is 24.0 Å². The van der Waals surface area contributed by atoms with Crippen LogP contribution in [-0.2, 0) is 12.8 Å². The Hall–Kier alpha value is -1.61. The van der Waals surface area contributed by atoms with Crippen molar-refractivity contribution in [2.24, 2.45) is 4.99 Å². The van der Waals surface area contributed by atoms with E-state index < -0.39 is 0 Å². The zero-order valence-corrected chi connectivity index (χ0v) is 20.2. The summed E-state index contributed by atoms with van der Waals surface area (Å²) in [6, 6.07) is 16.1. The van der Waals surface area contributed by atoms with Gasteiger partial charge in [-0.3, -0.25) is 9.79 Å². The van der Waals surface area contributed by atoms with Crippen LogP contribution in [0.3, 0.4) is 0 Å². The number of aryl methyl sites for hydroxylation is 1. The molecule has 5 nitrogen and oxygen atoms in total. The van der Waals surface area contributed by atoms with Crippen molar-refractivity contribution >= 4 is 51.8 Å². The van der Waals surface area contributed by atoms with Gasteiger partial charge in [0.2, 0.25) is 0 Å². The topological polar surface area (TPSA) is 65.5 Å². The van der Waals surface area contributed by atoms with E-state index in [4.69, 9.17) is 0 Å². The average Bonchev–Trinajstić information content (AvgIpc) is 2.69. The monoisotopic (exact) mass is 558 g/mol. The Morgan fingerprint density at radius 2 is 1.68 bits per heavy atom. The molecule has 0 saturated heterocycles. The van der Waals surface area contributed by atoms with Crippen molar-refractivity contribution in [1.82, 2.24) is 16.0 Å². The number of nitrogens with one attached hydrogen (secondary N) is 3. The van der Waals surface area contributed by atoms with Gasteiger partial charge in [0.1, 0.15) is 0 Å². The number of nitrogens with zero attached hydrogens (tertiary/aromatic N) is 1. The van der Waals surface area contributed by atoms with E-state index in [1.165, 1.54) is 5.56 Å². The van der Waals surface area contributed by atoms with E-state index in [0.717, 1.165) is 48.3 Å². The molecule has 28 heavy (non-hydrogen) atoms. The van der Waals surface area contributed by atoms with E-state index in [2.05, 4.69) is 55.1 Å². The van der Waals surface area contributed by atoms with Crippen LogP contribution in [0.1, 0.15) is 27.9 Å². The highest BCUT2D eigenvalue weighted by atomic mass is 127. The summed E-state index contributed by atoms with van der Waals surface area (Å²) < 4.78 is 1.12. The van der Waals surface area contributed by atoms with Crippen molar-refractivity contribution in [2.45, 2.75) is 19.3 Å². The van der Waals surface area contributed by atoms with Crippen LogP contribution in [0, 0.1) is 0 Å². The van der Waals surface area contributed by atoms with Crippen molar-refractivity contribution in [3.8, 4) is 0 Å². The molecule has 0 spiro atoms. The van der Waals surface area contributed by atoms with Crippen LogP contribution in [0.25, 0.3) is 0 Å². The number of carbonyl (C=O) groups excluding carboxylic acids is 1. The van der Waals surface area contributed by atoms with Gasteiger partial charge in [0.15, 0.2) is 5.96 Å². The van der Waals surface area contributed by atoms with Gasteiger partial charge in [-0.2, -0.15) is 0 Å².